The Bertz CT molecular complexity index is 1160. The van der Waals surface area contributed by atoms with E-state index in [0.29, 0.717) is 23.0 Å². The van der Waals surface area contributed by atoms with Crippen LogP contribution in [0.2, 0.25) is 0 Å². The largest absolute Gasteiger partial charge is 0.308 e. The van der Waals surface area contributed by atoms with E-state index in [-0.39, 0.29) is 29.2 Å². The van der Waals surface area contributed by atoms with Gasteiger partial charge in [-0.25, -0.2) is 13.4 Å². The van der Waals surface area contributed by atoms with Crippen molar-refractivity contribution in [2.45, 2.75) is 31.5 Å². The van der Waals surface area contributed by atoms with Gasteiger partial charge in [0.2, 0.25) is 5.91 Å². The molecule has 1 amide bonds. The lowest BCUT2D eigenvalue weighted by atomic mass is 10.2. The fourth-order valence-electron chi connectivity index (χ4n) is 3.62. The Morgan fingerprint density at radius 1 is 1.24 bits per heavy atom. The zero-order chi connectivity index (χ0) is 20.6. The number of aromatic nitrogens is 4. The number of benzene rings is 1. The van der Waals surface area contributed by atoms with E-state index in [4.69, 9.17) is 0 Å². The van der Waals surface area contributed by atoms with Crippen molar-refractivity contribution < 1.29 is 13.2 Å². The van der Waals surface area contributed by atoms with E-state index in [0.717, 1.165) is 11.4 Å². The summed E-state index contributed by atoms with van der Waals surface area (Å²) in [5.74, 6) is 0.575. The van der Waals surface area contributed by atoms with Gasteiger partial charge in [-0.05, 0) is 38.5 Å². The highest BCUT2D eigenvalue weighted by Gasteiger charge is 2.35. The fraction of sp³-hybridized carbons (Fsp3) is 0.368. The summed E-state index contributed by atoms with van der Waals surface area (Å²) in [6.07, 6.45) is 0.448. The summed E-state index contributed by atoms with van der Waals surface area (Å²) in [7, 11) is -3.11. The molecule has 0 aliphatic carbocycles. The third-order valence-corrected chi connectivity index (χ3v) is 7.53. The molecule has 1 fully saturated rings. The minimum atomic E-state index is -3.11. The summed E-state index contributed by atoms with van der Waals surface area (Å²) in [5, 5.41) is 8.85. The molecule has 152 valence electrons. The molecule has 1 aliphatic heterocycles. The van der Waals surface area contributed by atoms with Gasteiger partial charge in [-0.3, -0.25) is 9.20 Å². The number of aryl methyl sites for hydroxylation is 2. The van der Waals surface area contributed by atoms with Gasteiger partial charge in [-0.1, -0.05) is 30.0 Å². The summed E-state index contributed by atoms with van der Waals surface area (Å²) < 4.78 is 25.8. The molecular formula is C19H21N5O3S2. The lowest BCUT2D eigenvalue weighted by Crippen LogP contribution is -2.42. The number of amides is 1. The van der Waals surface area contributed by atoms with Gasteiger partial charge in [0.15, 0.2) is 15.0 Å². The van der Waals surface area contributed by atoms with Crippen molar-refractivity contribution in [2.75, 3.05) is 22.2 Å². The Hall–Kier alpha value is -2.46. The highest BCUT2D eigenvalue weighted by atomic mass is 32.2. The first-order valence-electron chi connectivity index (χ1n) is 9.24. The highest BCUT2D eigenvalue weighted by molar-refractivity contribution is 7.99. The minimum absolute atomic E-state index is 0.00549. The van der Waals surface area contributed by atoms with E-state index >= 15 is 0 Å². The molecule has 0 saturated carbocycles. The first kappa shape index (κ1) is 19.8. The number of para-hydroxylation sites is 1. The Balaban J connectivity index is 1.58. The molecule has 0 spiro atoms. The number of hydrogen-bond donors (Lipinski definition) is 0. The van der Waals surface area contributed by atoms with E-state index in [1.807, 2.05) is 54.6 Å². The summed E-state index contributed by atoms with van der Waals surface area (Å²) in [5.41, 5.74) is 2.50. The maximum absolute atomic E-state index is 13.1. The van der Waals surface area contributed by atoms with Crippen LogP contribution in [0.1, 0.15) is 17.8 Å². The van der Waals surface area contributed by atoms with E-state index in [1.165, 1.54) is 11.8 Å². The van der Waals surface area contributed by atoms with Gasteiger partial charge in [0.25, 0.3) is 5.78 Å². The number of hydrogen-bond acceptors (Lipinski definition) is 7. The number of anilines is 1. The second kappa shape index (κ2) is 7.75. The Labute approximate surface area is 173 Å². The number of fused-ring (bicyclic) bond motifs is 1. The van der Waals surface area contributed by atoms with Crippen LogP contribution in [0.5, 0.6) is 0 Å². The lowest BCUT2D eigenvalue weighted by molar-refractivity contribution is -0.116. The summed E-state index contributed by atoms with van der Waals surface area (Å²) in [6, 6.07) is 10.8. The summed E-state index contributed by atoms with van der Waals surface area (Å²) in [4.78, 5) is 19.1. The summed E-state index contributed by atoms with van der Waals surface area (Å²) in [6.45, 7) is 3.84. The standard InChI is InChI=1S/C19H21N5O3S2/c1-13-10-14(2)23-18(20-13)21-22-19(23)28-11-17(25)24(15-6-4-3-5-7-15)16-8-9-29(26,27)12-16/h3-7,10,16H,8-9,11-12H2,1-2H3/t16-/m0/s1. The first-order valence-corrected chi connectivity index (χ1v) is 12.0. The zero-order valence-electron chi connectivity index (χ0n) is 16.1. The van der Waals surface area contributed by atoms with Crippen LogP contribution in [0.15, 0.2) is 41.6 Å². The molecule has 1 atom stereocenters. The number of carbonyl (C=O) groups is 1. The highest BCUT2D eigenvalue weighted by Crippen LogP contribution is 2.27. The van der Waals surface area contributed by atoms with Crippen molar-refractivity contribution in [3.63, 3.8) is 0 Å². The molecule has 4 rings (SSSR count). The third kappa shape index (κ3) is 4.13. The fourth-order valence-corrected chi connectivity index (χ4v) is 6.16. The van der Waals surface area contributed by atoms with Crippen LogP contribution < -0.4 is 4.90 Å². The molecule has 0 radical (unpaired) electrons. The van der Waals surface area contributed by atoms with Crippen LogP contribution in [-0.2, 0) is 14.6 Å². The molecule has 0 unspecified atom stereocenters. The third-order valence-electron chi connectivity index (χ3n) is 4.86. The first-order chi connectivity index (χ1) is 13.8. The van der Waals surface area contributed by atoms with Gasteiger partial charge in [0.05, 0.1) is 23.3 Å². The SMILES string of the molecule is Cc1cc(C)n2c(SCC(=O)N(c3ccccc3)[C@H]3CCS(=O)(=O)C3)nnc2n1. The predicted octanol–water partition coefficient (Wildman–Crippen LogP) is 2.05. The van der Waals surface area contributed by atoms with Crippen molar-refractivity contribution in [3.8, 4) is 0 Å². The van der Waals surface area contributed by atoms with E-state index < -0.39 is 9.84 Å². The van der Waals surface area contributed by atoms with Gasteiger partial charge < -0.3 is 4.90 Å². The van der Waals surface area contributed by atoms with Crippen LogP contribution in [0.4, 0.5) is 5.69 Å². The second-order valence-corrected chi connectivity index (χ2v) is 10.3. The van der Waals surface area contributed by atoms with E-state index in [9.17, 15) is 13.2 Å². The van der Waals surface area contributed by atoms with Gasteiger partial charge in [-0.2, -0.15) is 0 Å². The van der Waals surface area contributed by atoms with E-state index in [1.54, 1.807) is 4.90 Å². The number of thioether (sulfide) groups is 1. The number of rotatable bonds is 5. The average molecular weight is 432 g/mol. The van der Waals surface area contributed by atoms with Crippen LogP contribution in [-0.4, -0.2) is 57.2 Å². The van der Waals surface area contributed by atoms with Crippen molar-refractivity contribution >= 4 is 39.0 Å². The Morgan fingerprint density at radius 2 is 2.00 bits per heavy atom. The van der Waals surface area contributed by atoms with Crippen LogP contribution in [0, 0.1) is 13.8 Å². The average Bonchev–Trinajstić information content (AvgIpc) is 3.24. The van der Waals surface area contributed by atoms with Gasteiger partial charge in [-0.15, -0.1) is 10.2 Å². The van der Waals surface area contributed by atoms with Crippen LogP contribution in [0.25, 0.3) is 5.78 Å². The van der Waals surface area contributed by atoms with Crippen molar-refractivity contribution in [2.24, 2.45) is 0 Å². The summed E-state index contributed by atoms with van der Waals surface area (Å²) >= 11 is 1.28. The molecule has 3 heterocycles. The Kier molecular flexibility index (Phi) is 5.30. The van der Waals surface area contributed by atoms with Gasteiger partial charge in [0, 0.05) is 17.1 Å². The number of nitrogens with zero attached hydrogens (tertiary/aromatic N) is 5. The molecule has 0 N–H and O–H groups in total. The maximum atomic E-state index is 13.1. The molecule has 10 heteroatoms. The molecule has 0 bridgehead atoms. The maximum Gasteiger partial charge on any atom is 0.256 e. The normalized spacial score (nSPS) is 18.2. The van der Waals surface area contributed by atoms with Crippen molar-refractivity contribution in [1.82, 2.24) is 19.6 Å². The van der Waals surface area contributed by atoms with Crippen LogP contribution in [0.3, 0.4) is 0 Å². The molecule has 1 aliphatic rings. The number of sulfone groups is 1. The molecular weight excluding hydrogens is 410 g/mol. The van der Waals surface area contributed by atoms with Crippen molar-refractivity contribution in [1.29, 1.82) is 0 Å². The van der Waals surface area contributed by atoms with Gasteiger partial charge in [0.1, 0.15) is 0 Å². The molecule has 8 nitrogen and oxygen atoms in total. The van der Waals surface area contributed by atoms with Gasteiger partial charge >= 0.3 is 0 Å². The minimum Gasteiger partial charge on any atom is -0.308 e. The molecule has 29 heavy (non-hydrogen) atoms. The van der Waals surface area contributed by atoms with E-state index in [2.05, 4.69) is 15.2 Å². The predicted molar refractivity (Wildman–Crippen MR) is 112 cm³/mol. The molecule has 3 aromatic rings. The second-order valence-electron chi connectivity index (χ2n) is 7.10. The van der Waals surface area contributed by atoms with Crippen LogP contribution >= 0.6 is 11.8 Å². The topological polar surface area (TPSA) is 97.5 Å². The zero-order valence-corrected chi connectivity index (χ0v) is 17.8. The molecule has 2 aromatic heterocycles. The van der Waals surface area contributed by atoms with Crippen molar-refractivity contribution in [3.05, 3.63) is 47.8 Å². The lowest BCUT2D eigenvalue weighted by Gasteiger charge is -2.28. The quantitative estimate of drug-likeness (QED) is 0.570. The molecule has 1 aromatic carbocycles. The molecule has 1 saturated heterocycles. The number of carbonyl (C=O) groups excluding carboxylic acids is 1. The Morgan fingerprint density at radius 3 is 2.69 bits per heavy atom. The smallest absolute Gasteiger partial charge is 0.256 e. The monoisotopic (exact) mass is 431 g/mol.